The molecule has 0 amide bonds. The molecule has 0 spiro atoms. The van der Waals surface area contributed by atoms with E-state index >= 15 is 0 Å². The summed E-state index contributed by atoms with van der Waals surface area (Å²) in [6, 6.07) is 12.9. The first kappa shape index (κ1) is 17.3. The predicted octanol–water partition coefficient (Wildman–Crippen LogP) is 4.51. The molecule has 0 fully saturated rings. The smallest absolute Gasteiger partial charge is 0.161 e. The van der Waals surface area contributed by atoms with Crippen LogP contribution >= 0.6 is 0 Å². The van der Waals surface area contributed by atoms with Crippen molar-refractivity contribution in [2.24, 2.45) is 5.73 Å². The van der Waals surface area contributed by atoms with Crippen molar-refractivity contribution < 1.29 is 17.9 Å². The topological polar surface area (TPSA) is 35.2 Å². The van der Waals surface area contributed by atoms with E-state index in [4.69, 9.17) is 10.5 Å². The van der Waals surface area contributed by atoms with E-state index in [9.17, 15) is 13.2 Å². The quantitative estimate of drug-likeness (QED) is 0.608. The first-order valence-electron chi connectivity index (χ1n) is 7.95. The van der Waals surface area contributed by atoms with Gasteiger partial charge in [0.15, 0.2) is 11.6 Å². The fourth-order valence-corrected chi connectivity index (χ4v) is 2.83. The van der Waals surface area contributed by atoms with Crippen molar-refractivity contribution >= 4 is 10.8 Å². The fraction of sp³-hybridized carbons (Fsp3) is 0.200. The number of rotatable bonds is 0. The Balaban J connectivity index is 0.000000173. The second-order valence-electron chi connectivity index (χ2n) is 6.10. The normalized spacial score (nSPS) is 15.8. The number of aryl methyl sites for hydroxylation is 1. The van der Waals surface area contributed by atoms with Crippen LogP contribution in [0.3, 0.4) is 0 Å². The Morgan fingerprint density at radius 1 is 0.960 bits per heavy atom. The highest BCUT2D eigenvalue weighted by molar-refractivity contribution is 5.88. The first-order chi connectivity index (χ1) is 11.9. The van der Waals surface area contributed by atoms with E-state index in [2.05, 4.69) is 37.3 Å². The minimum absolute atomic E-state index is 0.124. The summed E-state index contributed by atoms with van der Waals surface area (Å²) in [6.45, 7) is 2.74. The van der Waals surface area contributed by atoms with Gasteiger partial charge in [0.2, 0.25) is 0 Å². The van der Waals surface area contributed by atoms with Crippen molar-refractivity contribution in [1.82, 2.24) is 0 Å². The summed E-state index contributed by atoms with van der Waals surface area (Å²) in [6.07, 6.45) is 0.912. The number of ether oxygens (including phenoxy) is 1. The molecule has 0 saturated heterocycles. The van der Waals surface area contributed by atoms with Gasteiger partial charge in [-0.3, -0.25) is 0 Å². The molecule has 0 bridgehead atoms. The summed E-state index contributed by atoms with van der Waals surface area (Å²) in [4.78, 5) is 0. The second-order valence-corrected chi connectivity index (χ2v) is 6.10. The monoisotopic (exact) mass is 345 g/mol. The average Bonchev–Trinajstić information content (AvgIpc) is 2.58. The van der Waals surface area contributed by atoms with Crippen LogP contribution in [0.25, 0.3) is 10.8 Å². The van der Waals surface area contributed by atoms with Crippen LogP contribution in [-0.4, -0.2) is 12.6 Å². The molecule has 130 valence electrons. The highest BCUT2D eigenvalue weighted by Gasteiger charge is 2.18. The van der Waals surface area contributed by atoms with Crippen LogP contribution in [0.4, 0.5) is 13.2 Å². The molecule has 0 aliphatic carbocycles. The largest absolute Gasteiger partial charge is 0.492 e. The van der Waals surface area contributed by atoms with Crippen LogP contribution in [0.5, 0.6) is 5.75 Å². The predicted molar refractivity (Wildman–Crippen MR) is 92.2 cm³/mol. The highest BCUT2D eigenvalue weighted by atomic mass is 19.2. The Morgan fingerprint density at radius 3 is 2.48 bits per heavy atom. The van der Waals surface area contributed by atoms with Crippen LogP contribution in [0, 0.1) is 24.4 Å². The van der Waals surface area contributed by atoms with Gasteiger partial charge in [0.25, 0.3) is 0 Å². The zero-order valence-corrected chi connectivity index (χ0v) is 13.7. The van der Waals surface area contributed by atoms with Crippen molar-refractivity contribution in [3.8, 4) is 5.75 Å². The molecule has 5 heteroatoms. The Labute approximate surface area is 144 Å². The zero-order valence-electron chi connectivity index (χ0n) is 13.7. The lowest BCUT2D eigenvalue weighted by atomic mass is 9.95. The number of hydrogen-bond acceptors (Lipinski definition) is 2. The molecule has 2 N–H and O–H groups in total. The van der Waals surface area contributed by atoms with Gasteiger partial charge in [-0.1, -0.05) is 29.8 Å². The second kappa shape index (κ2) is 7.15. The molecule has 1 unspecified atom stereocenters. The summed E-state index contributed by atoms with van der Waals surface area (Å²) < 4.78 is 41.5. The van der Waals surface area contributed by atoms with E-state index in [0.717, 1.165) is 24.3 Å². The van der Waals surface area contributed by atoms with Gasteiger partial charge >= 0.3 is 0 Å². The minimum atomic E-state index is -1.16. The van der Waals surface area contributed by atoms with Crippen LogP contribution in [0.2, 0.25) is 0 Å². The zero-order chi connectivity index (χ0) is 18.0. The molecule has 0 radical (unpaired) electrons. The molecule has 3 aromatic rings. The standard InChI is InChI=1S/C14H15NO.C6H3F3/c1-9-2-4-12-10(6-9)3-5-14-13(12)7-11(15)8-16-14;7-4-1-2-5(8)6(9)3-4/h2-6,11H,7-8,15H2,1H3;1-3H. The van der Waals surface area contributed by atoms with Gasteiger partial charge in [-0.15, -0.1) is 0 Å². The van der Waals surface area contributed by atoms with Gasteiger partial charge in [-0.25, -0.2) is 13.2 Å². The average molecular weight is 345 g/mol. The Kier molecular flexibility index (Phi) is 4.95. The van der Waals surface area contributed by atoms with Crippen LogP contribution < -0.4 is 10.5 Å². The van der Waals surface area contributed by atoms with E-state index in [1.807, 2.05) is 0 Å². The van der Waals surface area contributed by atoms with E-state index in [0.29, 0.717) is 12.7 Å². The minimum Gasteiger partial charge on any atom is -0.492 e. The Morgan fingerprint density at radius 2 is 1.76 bits per heavy atom. The third-order valence-electron chi connectivity index (χ3n) is 4.04. The maximum absolute atomic E-state index is 12.0. The van der Waals surface area contributed by atoms with Gasteiger partial charge in [0.05, 0.1) is 0 Å². The number of hydrogen-bond donors (Lipinski definition) is 1. The highest BCUT2D eigenvalue weighted by Crippen LogP contribution is 2.32. The molecular formula is C20H18F3NO. The van der Waals surface area contributed by atoms with Gasteiger partial charge < -0.3 is 10.5 Å². The molecule has 0 aromatic heterocycles. The molecule has 1 atom stereocenters. The van der Waals surface area contributed by atoms with E-state index in [1.54, 1.807) is 0 Å². The molecule has 1 heterocycles. The van der Waals surface area contributed by atoms with Gasteiger partial charge in [0.1, 0.15) is 18.2 Å². The number of fused-ring (bicyclic) bond motifs is 3. The number of halogens is 3. The van der Waals surface area contributed by atoms with E-state index in [1.165, 1.54) is 21.9 Å². The first-order valence-corrected chi connectivity index (χ1v) is 7.95. The molecule has 25 heavy (non-hydrogen) atoms. The van der Waals surface area contributed by atoms with Crippen LogP contribution in [0.15, 0.2) is 48.5 Å². The molecule has 1 aliphatic heterocycles. The molecular weight excluding hydrogens is 327 g/mol. The van der Waals surface area contributed by atoms with Gasteiger partial charge in [-0.2, -0.15) is 0 Å². The lowest BCUT2D eigenvalue weighted by molar-refractivity contribution is 0.264. The SMILES string of the molecule is Cc1ccc2c3c(ccc2c1)OCC(N)C3.Fc1ccc(F)c(F)c1. The number of nitrogens with two attached hydrogens (primary N) is 1. The summed E-state index contributed by atoms with van der Waals surface area (Å²) >= 11 is 0. The fourth-order valence-electron chi connectivity index (χ4n) is 2.83. The van der Waals surface area contributed by atoms with Gasteiger partial charge in [0, 0.05) is 17.7 Å². The van der Waals surface area contributed by atoms with Crippen LogP contribution in [0.1, 0.15) is 11.1 Å². The molecule has 4 rings (SSSR count). The summed E-state index contributed by atoms with van der Waals surface area (Å²) in [5.41, 5.74) is 8.49. The van der Waals surface area contributed by atoms with Gasteiger partial charge in [-0.05, 0) is 42.3 Å². The molecule has 1 aliphatic rings. The van der Waals surface area contributed by atoms with Crippen LogP contribution in [-0.2, 0) is 6.42 Å². The summed E-state index contributed by atoms with van der Waals surface area (Å²) in [7, 11) is 0. The van der Waals surface area contributed by atoms with Crippen molar-refractivity contribution in [3.63, 3.8) is 0 Å². The Bertz CT molecular complexity index is 911. The van der Waals surface area contributed by atoms with E-state index in [-0.39, 0.29) is 6.04 Å². The summed E-state index contributed by atoms with van der Waals surface area (Å²) in [5.74, 6) is -1.96. The third-order valence-corrected chi connectivity index (χ3v) is 4.04. The number of benzene rings is 3. The van der Waals surface area contributed by atoms with Crippen molar-refractivity contribution in [2.45, 2.75) is 19.4 Å². The maximum atomic E-state index is 12.0. The van der Waals surface area contributed by atoms with E-state index < -0.39 is 17.5 Å². The lowest BCUT2D eigenvalue weighted by Gasteiger charge is -2.23. The van der Waals surface area contributed by atoms with Crippen molar-refractivity contribution in [3.05, 3.63) is 77.1 Å². The molecule has 2 nitrogen and oxygen atoms in total. The van der Waals surface area contributed by atoms with Crippen molar-refractivity contribution in [2.75, 3.05) is 6.61 Å². The third kappa shape index (κ3) is 3.94. The maximum Gasteiger partial charge on any atom is 0.161 e. The Hall–Kier alpha value is -2.53. The van der Waals surface area contributed by atoms with Crippen molar-refractivity contribution in [1.29, 1.82) is 0 Å². The summed E-state index contributed by atoms with van der Waals surface area (Å²) in [5, 5.41) is 2.55. The molecule has 3 aromatic carbocycles. The lowest BCUT2D eigenvalue weighted by Crippen LogP contribution is -2.33. The molecule has 0 saturated carbocycles.